The highest BCUT2D eigenvalue weighted by molar-refractivity contribution is 7.80. The molecule has 2 aliphatic rings. The van der Waals surface area contributed by atoms with Crippen LogP contribution in [0.25, 0.3) is 16.5 Å². The SMILES string of the molecule is S=C1N[C@@H](c2ccccn2)[C@@H](c2cccn2-c2ccc3ccccc3c2)N1c1ccc(OC2CCCC2)cc1. The molecule has 1 aliphatic carbocycles. The molecule has 3 aromatic carbocycles. The summed E-state index contributed by atoms with van der Waals surface area (Å²) < 4.78 is 8.51. The van der Waals surface area contributed by atoms with Gasteiger partial charge in [0.05, 0.1) is 17.8 Å². The molecule has 6 heteroatoms. The zero-order valence-corrected chi connectivity index (χ0v) is 22.4. The molecule has 7 rings (SSSR count). The van der Waals surface area contributed by atoms with Gasteiger partial charge in [-0.1, -0.05) is 36.4 Å². The van der Waals surface area contributed by atoms with Crippen molar-refractivity contribution in [2.75, 3.05) is 4.90 Å². The standard InChI is InChI=1S/C33H30N4OS/c39-33-35-31(29-12-5-6-20-34-29)32(37(33)25-16-18-28(19-17-25)38-27-10-3-4-11-27)30-13-7-21-36(30)26-15-14-23-8-1-2-9-24(23)22-26/h1-2,5-9,12-22,27,31-32H,3-4,10-11H2,(H,35,39)/t31-,32+/m0/s1. The van der Waals surface area contributed by atoms with Gasteiger partial charge < -0.3 is 19.5 Å². The maximum absolute atomic E-state index is 6.24. The number of fused-ring (bicyclic) bond motifs is 1. The van der Waals surface area contributed by atoms with Crippen LogP contribution >= 0.6 is 12.2 Å². The van der Waals surface area contributed by atoms with Crippen LogP contribution in [-0.2, 0) is 0 Å². The minimum absolute atomic E-state index is 0.101. The summed E-state index contributed by atoms with van der Waals surface area (Å²) in [6.07, 6.45) is 9.10. The third-order valence-electron chi connectivity index (χ3n) is 7.91. The molecule has 2 fully saturated rings. The lowest BCUT2D eigenvalue weighted by Gasteiger charge is -2.29. The Morgan fingerprint density at radius 1 is 0.795 bits per heavy atom. The van der Waals surface area contributed by atoms with Crippen LogP contribution in [0.1, 0.15) is 49.2 Å². The number of pyridine rings is 1. The van der Waals surface area contributed by atoms with E-state index in [-0.39, 0.29) is 12.1 Å². The zero-order valence-electron chi connectivity index (χ0n) is 21.6. The van der Waals surface area contributed by atoms with Gasteiger partial charge in [-0.25, -0.2) is 0 Å². The molecule has 194 valence electrons. The van der Waals surface area contributed by atoms with Crippen molar-refractivity contribution in [1.29, 1.82) is 0 Å². The molecule has 0 spiro atoms. The van der Waals surface area contributed by atoms with E-state index in [1.165, 1.54) is 23.6 Å². The van der Waals surface area contributed by atoms with E-state index in [1.807, 2.05) is 18.3 Å². The molecular formula is C33H30N4OS. The molecule has 1 saturated carbocycles. The average molecular weight is 531 g/mol. The predicted octanol–water partition coefficient (Wildman–Crippen LogP) is 7.52. The van der Waals surface area contributed by atoms with Gasteiger partial charge in [0.15, 0.2) is 5.11 Å². The van der Waals surface area contributed by atoms with Gasteiger partial charge in [-0.15, -0.1) is 0 Å². The van der Waals surface area contributed by atoms with E-state index in [9.17, 15) is 0 Å². The van der Waals surface area contributed by atoms with E-state index in [2.05, 4.69) is 106 Å². The van der Waals surface area contributed by atoms with E-state index < -0.39 is 0 Å². The average Bonchev–Trinajstić information content (AvgIpc) is 3.74. The quantitative estimate of drug-likeness (QED) is 0.230. The van der Waals surface area contributed by atoms with Gasteiger partial charge >= 0.3 is 0 Å². The first-order valence-corrected chi connectivity index (χ1v) is 14.1. The van der Waals surface area contributed by atoms with Crippen LogP contribution in [0.4, 0.5) is 5.69 Å². The van der Waals surface area contributed by atoms with Gasteiger partial charge in [-0.2, -0.15) is 0 Å². The third-order valence-corrected chi connectivity index (χ3v) is 8.23. The molecular weight excluding hydrogens is 500 g/mol. The Bertz CT molecular complexity index is 1610. The summed E-state index contributed by atoms with van der Waals surface area (Å²) >= 11 is 5.97. The highest BCUT2D eigenvalue weighted by Gasteiger charge is 2.42. The normalized spacial score (nSPS) is 19.5. The Kier molecular flexibility index (Phi) is 6.25. The minimum atomic E-state index is -0.109. The van der Waals surface area contributed by atoms with Crippen molar-refractivity contribution in [3.63, 3.8) is 0 Å². The first-order chi connectivity index (χ1) is 19.2. The molecule has 3 heterocycles. The van der Waals surface area contributed by atoms with Crippen molar-refractivity contribution in [3.05, 3.63) is 121 Å². The first kappa shape index (κ1) is 23.9. The highest BCUT2D eigenvalue weighted by atomic mass is 32.1. The first-order valence-electron chi connectivity index (χ1n) is 13.7. The van der Waals surface area contributed by atoms with Crippen molar-refractivity contribution in [1.82, 2.24) is 14.9 Å². The molecule has 0 unspecified atom stereocenters. The van der Waals surface area contributed by atoms with Crippen LogP contribution in [0.15, 0.2) is 109 Å². The number of aromatic nitrogens is 2. The number of benzene rings is 3. The number of anilines is 1. The number of rotatable bonds is 6. The Morgan fingerprint density at radius 3 is 2.36 bits per heavy atom. The smallest absolute Gasteiger partial charge is 0.174 e. The molecule has 5 aromatic rings. The lowest BCUT2D eigenvalue weighted by molar-refractivity contribution is 0.210. The molecule has 1 N–H and O–H groups in total. The lowest BCUT2D eigenvalue weighted by Crippen LogP contribution is -2.30. The molecule has 0 bridgehead atoms. The summed E-state index contributed by atoms with van der Waals surface area (Å²) in [5.41, 5.74) is 4.24. The molecule has 5 nitrogen and oxygen atoms in total. The van der Waals surface area contributed by atoms with Crippen molar-refractivity contribution in [3.8, 4) is 11.4 Å². The number of hydrogen-bond donors (Lipinski definition) is 1. The third kappa shape index (κ3) is 4.55. The van der Waals surface area contributed by atoms with Crippen LogP contribution in [0.3, 0.4) is 0 Å². The van der Waals surface area contributed by atoms with Gasteiger partial charge in [-0.3, -0.25) is 4.98 Å². The number of nitrogens with one attached hydrogen (secondary N) is 1. The van der Waals surface area contributed by atoms with Crippen LogP contribution in [0.2, 0.25) is 0 Å². The molecule has 0 radical (unpaired) electrons. The summed E-state index contributed by atoms with van der Waals surface area (Å²) in [6.45, 7) is 0. The predicted molar refractivity (Wildman–Crippen MR) is 161 cm³/mol. The summed E-state index contributed by atoms with van der Waals surface area (Å²) in [6, 6.07) is 33.6. The second-order valence-electron chi connectivity index (χ2n) is 10.3. The van der Waals surface area contributed by atoms with Gasteiger partial charge in [0.2, 0.25) is 0 Å². The van der Waals surface area contributed by atoms with Crippen molar-refractivity contribution in [2.24, 2.45) is 0 Å². The summed E-state index contributed by atoms with van der Waals surface area (Å²) in [7, 11) is 0. The van der Waals surface area contributed by atoms with Crippen LogP contribution < -0.4 is 15.0 Å². The molecule has 1 aliphatic heterocycles. The molecule has 0 amide bonds. The summed E-state index contributed by atoms with van der Waals surface area (Å²) in [4.78, 5) is 6.94. The van der Waals surface area contributed by atoms with Crippen LogP contribution in [0.5, 0.6) is 5.75 Å². The Balaban J connectivity index is 1.29. The van der Waals surface area contributed by atoms with E-state index in [0.717, 1.165) is 41.4 Å². The van der Waals surface area contributed by atoms with E-state index in [1.54, 1.807) is 0 Å². The van der Waals surface area contributed by atoms with E-state index >= 15 is 0 Å². The fourth-order valence-corrected chi connectivity index (χ4v) is 6.36. The maximum atomic E-state index is 6.24. The van der Waals surface area contributed by atoms with Crippen molar-refractivity contribution >= 4 is 33.8 Å². The fourth-order valence-electron chi connectivity index (χ4n) is 6.01. The topological polar surface area (TPSA) is 42.3 Å². The molecule has 1 saturated heterocycles. The maximum Gasteiger partial charge on any atom is 0.174 e. The van der Waals surface area contributed by atoms with Gasteiger partial charge in [0, 0.05) is 29.5 Å². The number of hydrogen-bond acceptors (Lipinski definition) is 3. The van der Waals surface area contributed by atoms with E-state index in [0.29, 0.717) is 11.2 Å². The number of nitrogens with zero attached hydrogens (tertiary/aromatic N) is 3. The highest BCUT2D eigenvalue weighted by Crippen LogP contribution is 2.42. The zero-order chi connectivity index (χ0) is 26.2. The van der Waals surface area contributed by atoms with Crippen LogP contribution in [0, 0.1) is 0 Å². The number of ether oxygens (including phenoxy) is 1. The minimum Gasteiger partial charge on any atom is -0.490 e. The lowest BCUT2D eigenvalue weighted by atomic mass is 10.0. The Morgan fingerprint density at radius 2 is 1.56 bits per heavy atom. The van der Waals surface area contributed by atoms with Gasteiger partial charge in [0.25, 0.3) is 0 Å². The van der Waals surface area contributed by atoms with Gasteiger partial charge in [-0.05, 0) is 109 Å². The number of thiocarbonyl (C=S) groups is 1. The van der Waals surface area contributed by atoms with E-state index in [4.69, 9.17) is 21.9 Å². The van der Waals surface area contributed by atoms with Crippen molar-refractivity contribution < 1.29 is 4.74 Å². The second kappa shape index (κ2) is 10.2. The molecule has 2 aromatic heterocycles. The molecule has 39 heavy (non-hydrogen) atoms. The Hall–Kier alpha value is -4.16. The summed E-state index contributed by atoms with van der Waals surface area (Å²) in [5.74, 6) is 0.918. The largest absolute Gasteiger partial charge is 0.490 e. The second-order valence-corrected chi connectivity index (χ2v) is 10.7. The van der Waals surface area contributed by atoms with Crippen LogP contribution in [-0.4, -0.2) is 20.8 Å². The monoisotopic (exact) mass is 530 g/mol. The molecule has 2 atom stereocenters. The fraction of sp³-hybridized carbons (Fsp3) is 0.212. The van der Waals surface area contributed by atoms with Gasteiger partial charge in [0.1, 0.15) is 11.8 Å². The van der Waals surface area contributed by atoms with Crippen molar-refractivity contribution in [2.45, 2.75) is 43.9 Å². The summed E-state index contributed by atoms with van der Waals surface area (Å²) in [5, 5.41) is 6.72. The Labute approximate surface area is 234 Å².